The van der Waals surface area contributed by atoms with E-state index in [1.54, 1.807) is 12.1 Å². The molecule has 0 aromatic heterocycles. The molecule has 0 aliphatic heterocycles. The molecule has 0 heterocycles. The molecule has 1 fully saturated rings. The summed E-state index contributed by atoms with van der Waals surface area (Å²) in [6, 6.07) is 4.48. The largest absolute Gasteiger partial charge is 0.305 e. The standard InChI is InChI=1S/C15H19ClFN3S/c1-9(14-11(16)4-3-5-12(14)17)20-8-13(21-18)15(19-2)10-6-7-10/h3-5,9-10,20H,2,6-8,18H2,1H3/b15-13-/t9-/m0/s1. The van der Waals surface area contributed by atoms with Gasteiger partial charge in [0.2, 0.25) is 0 Å². The van der Waals surface area contributed by atoms with Gasteiger partial charge in [0, 0.05) is 34.0 Å². The normalized spacial score (nSPS) is 17.3. The maximum atomic E-state index is 13.9. The Morgan fingerprint density at radius 2 is 2.33 bits per heavy atom. The first-order valence-electron chi connectivity index (χ1n) is 6.82. The van der Waals surface area contributed by atoms with Crippen molar-refractivity contribution in [3.63, 3.8) is 0 Å². The monoisotopic (exact) mass is 327 g/mol. The zero-order chi connectivity index (χ0) is 15.4. The fraction of sp³-hybridized carbons (Fsp3) is 0.400. The Morgan fingerprint density at radius 3 is 2.86 bits per heavy atom. The van der Waals surface area contributed by atoms with E-state index in [1.165, 1.54) is 18.0 Å². The van der Waals surface area contributed by atoms with Gasteiger partial charge < -0.3 is 5.32 Å². The first-order chi connectivity index (χ1) is 10.1. The van der Waals surface area contributed by atoms with Crippen molar-refractivity contribution >= 4 is 30.3 Å². The van der Waals surface area contributed by atoms with Crippen molar-refractivity contribution in [2.24, 2.45) is 16.0 Å². The summed E-state index contributed by atoms with van der Waals surface area (Å²) in [5, 5.41) is 9.41. The molecule has 114 valence electrons. The van der Waals surface area contributed by atoms with Crippen molar-refractivity contribution in [3.8, 4) is 0 Å². The van der Waals surface area contributed by atoms with E-state index >= 15 is 0 Å². The number of nitrogens with zero attached hydrogens (tertiary/aromatic N) is 1. The van der Waals surface area contributed by atoms with Crippen LogP contribution in [0.5, 0.6) is 0 Å². The fourth-order valence-corrected chi connectivity index (χ4v) is 3.11. The summed E-state index contributed by atoms with van der Waals surface area (Å²) in [6.45, 7) is 6.02. The highest BCUT2D eigenvalue weighted by molar-refractivity contribution is 8.01. The molecule has 0 spiro atoms. The van der Waals surface area contributed by atoms with Crippen molar-refractivity contribution in [2.45, 2.75) is 25.8 Å². The minimum atomic E-state index is -0.308. The van der Waals surface area contributed by atoms with Crippen molar-refractivity contribution in [3.05, 3.63) is 45.2 Å². The van der Waals surface area contributed by atoms with E-state index in [2.05, 4.69) is 17.0 Å². The van der Waals surface area contributed by atoms with E-state index in [4.69, 9.17) is 16.7 Å². The van der Waals surface area contributed by atoms with Crippen LogP contribution in [0.25, 0.3) is 0 Å². The lowest BCUT2D eigenvalue weighted by Crippen LogP contribution is -2.23. The number of rotatable bonds is 7. The SMILES string of the molecule is C=N/C(=C(/CN[C@@H](C)c1c(F)cccc1Cl)SN)C1CC1. The van der Waals surface area contributed by atoms with E-state index in [1.807, 2.05) is 6.92 Å². The maximum absolute atomic E-state index is 13.9. The molecule has 1 aromatic rings. The summed E-state index contributed by atoms with van der Waals surface area (Å²) in [5.41, 5.74) is 1.43. The summed E-state index contributed by atoms with van der Waals surface area (Å²) in [5.74, 6) is 0.167. The lowest BCUT2D eigenvalue weighted by Gasteiger charge is -2.18. The zero-order valence-electron chi connectivity index (χ0n) is 11.9. The molecule has 1 aliphatic rings. The molecule has 2 rings (SSSR count). The lowest BCUT2D eigenvalue weighted by molar-refractivity contribution is 0.547. The molecule has 0 saturated heterocycles. The Kier molecular flexibility index (Phi) is 5.81. The smallest absolute Gasteiger partial charge is 0.129 e. The second kappa shape index (κ2) is 7.40. The third-order valence-corrected chi connectivity index (χ3v) is 4.53. The Hall–Kier alpha value is -0.880. The van der Waals surface area contributed by atoms with Gasteiger partial charge in [0.25, 0.3) is 0 Å². The molecule has 3 N–H and O–H groups in total. The van der Waals surface area contributed by atoms with Crippen LogP contribution in [-0.4, -0.2) is 13.3 Å². The second-order valence-corrected chi connectivity index (χ2v) is 6.23. The number of hydrogen-bond acceptors (Lipinski definition) is 4. The van der Waals surface area contributed by atoms with E-state index < -0.39 is 0 Å². The molecule has 1 aromatic carbocycles. The average Bonchev–Trinajstić information content (AvgIpc) is 3.27. The van der Waals surface area contributed by atoms with Crippen LogP contribution in [0.4, 0.5) is 4.39 Å². The molecule has 1 aliphatic carbocycles. The Labute approximate surface area is 134 Å². The highest BCUT2D eigenvalue weighted by atomic mass is 35.5. The summed E-state index contributed by atoms with van der Waals surface area (Å²) < 4.78 is 13.9. The minimum Gasteiger partial charge on any atom is -0.305 e. The van der Waals surface area contributed by atoms with Gasteiger partial charge in [0.05, 0.1) is 5.70 Å². The summed E-state index contributed by atoms with van der Waals surface area (Å²) in [6.07, 6.45) is 2.26. The van der Waals surface area contributed by atoms with Crippen LogP contribution >= 0.6 is 23.5 Å². The summed E-state index contributed by atoms with van der Waals surface area (Å²) in [4.78, 5) is 5.05. The molecule has 0 bridgehead atoms. The topological polar surface area (TPSA) is 50.4 Å². The number of nitrogens with two attached hydrogens (primary N) is 1. The fourth-order valence-electron chi connectivity index (χ4n) is 2.27. The molecule has 0 amide bonds. The van der Waals surface area contributed by atoms with E-state index in [-0.39, 0.29) is 11.9 Å². The molecule has 6 heteroatoms. The molecular formula is C15H19ClFN3S. The molecule has 0 unspecified atom stereocenters. The van der Waals surface area contributed by atoms with Crippen LogP contribution in [-0.2, 0) is 0 Å². The predicted octanol–water partition coefficient (Wildman–Crippen LogP) is 4.06. The van der Waals surface area contributed by atoms with Crippen LogP contribution in [0.15, 0.2) is 33.8 Å². The van der Waals surface area contributed by atoms with Gasteiger partial charge in [-0.1, -0.05) is 17.7 Å². The van der Waals surface area contributed by atoms with Gasteiger partial charge in [-0.2, -0.15) is 0 Å². The Bertz CT molecular complexity index is 538. The minimum absolute atomic E-state index is 0.217. The van der Waals surface area contributed by atoms with Gasteiger partial charge >= 0.3 is 0 Å². The number of nitrogens with one attached hydrogen (secondary N) is 1. The van der Waals surface area contributed by atoms with Crippen LogP contribution in [0.3, 0.4) is 0 Å². The third-order valence-electron chi connectivity index (χ3n) is 3.56. The van der Waals surface area contributed by atoms with Gasteiger partial charge in [-0.05, 0) is 50.6 Å². The molecule has 1 saturated carbocycles. The van der Waals surface area contributed by atoms with Gasteiger partial charge in [0.15, 0.2) is 0 Å². The molecule has 1 atom stereocenters. The highest BCUT2D eigenvalue weighted by Crippen LogP contribution is 2.40. The van der Waals surface area contributed by atoms with Crippen LogP contribution < -0.4 is 10.5 Å². The molecular weight excluding hydrogens is 309 g/mol. The maximum Gasteiger partial charge on any atom is 0.129 e. The Balaban J connectivity index is 2.09. The van der Waals surface area contributed by atoms with Gasteiger partial charge in [-0.3, -0.25) is 10.1 Å². The quantitative estimate of drug-likeness (QED) is 0.586. The van der Waals surface area contributed by atoms with E-state index in [0.29, 0.717) is 23.0 Å². The number of halogens is 2. The number of allylic oxidation sites excluding steroid dienone is 1. The average molecular weight is 328 g/mol. The number of aliphatic imine (C=N–C) groups is 1. The van der Waals surface area contributed by atoms with Crippen molar-refractivity contribution < 1.29 is 4.39 Å². The van der Waals surface area contributed by atoms with Crippen LogP contribution in [0.1, 0.15) is 31.4 Å². The lowest BCUT2D eigenvalue weighted by atomic mass is 10.1. The van der Waals surface area contributed by atoms with E-state index in [9.17, 15) is 4.39 Å². The van der Waals surface area contributed by atoms with Gasteiger partial charge in [-0.25, -0.2) is 4.39 Å². The third kappa shape index (κ3) is 4.07. The van der Waals surface area contributed by atoms with Crippen molar-refractivity contribution in [1.82, 2.24) is 5.32 Å². The first kappa shape index (κ1) is 16.5. The van der Waals surface area contributed by atoms with Crippen LogP contribution in [0, 0.1) is 11.7 Å². The highest BCUT2D eigenvalue weighted by Gasteiger charge is 2.28. The summed E-state index contributed by atoms with van der Waals surface area (Å²) in [7, 11) is 0. The zero-order valence-corrected chi connectivity index (χ0v) is 13.5. The first-order valence-corrected chi connectivity index (χ1v) is 8.08. The predicted molar refractivity (Wildman–Crippen MR) is 88.9 cm³/mol. The number of benzene rings is 1. The van der Waals surface area contributed by atoms with E-state index in [0.717, 1.165) is 23.4 Å². The number of hydrogen-bond donors (Lipinski definition) is 2. The van der Waals surface area contributed by atoms with Gasteiger partial charge in [-0.15, -0.1) is 0 Å². The summed E-state index contributed by atoms with van der Waals surface area (Å²) >= 11 is 7.25. The van der Waals surface area contributed by atoms with Crippen molar-refractivity contribution in [1.29, 1.82) is 0 Å². The molecule has 0 radical (unpaired) electrons. The second-order valence-electron chi connectivity index (χ2n) is 5.10. The Morgan fingerprint density at radius 1 is 1.62 bits per heavy atom. The molecule has 3 nitrogen and oxygen atoms in total. The van der Waals surface area contributed by atoms with Crippen molar-refractivity contribution in [2.75, 3.05) is 6.54 Å². The molecule has 21 heavy (non-hydrogen) atoms. The van der Waals surface area contributed by atoms with Crippen LogP contribution in [0.2, 0.25) is 5.02 Å². The van der Waals surface area contributed by atoms with Gasteiger partial charge in [0.1, 0.15) is 5.82 Å².